The van der Waals surface area contributed by atoms with Crippen molar-refractivity contribution in [1.82, 2.24) is 4.90 Å². The molecule has 2 aliphatic rings. The fourth-order valence-electron chi connectivity index (χ4n) is 4.20. The van der Waals surface area contributed by atoms with E-state index in [4.69, 9.17) is 16.6 Å². The van der Waals surface area contributed by atoms with Gasteiger partial charge in [-0.2, -0.15) is 0 Å². The molecular weight excluding hydrogens is 374 g/mol. The number of carbonyl (C=O) groups excluding carboxylic acids is 2. The van der Waals surface area contributed by atoms with Crippen molar-refractivity contribution in [2.75, 3.05) is 39.3 Å². The van der Waals surface area contributed by atoms with Crippen molar-refractivity contribution in [2.45, 2.75) is 39.5 Å². The molecule has 1 aliphatic carbocycles. The molecule has 3 rings (SSSR count). The average Bonchev–Trinajstić information content (AvgIpc) is 2.62. The third-order valence-corrected chi connectivity index (χ3v) is 5.90. The molecule has 1 aliphatic heterocycles. The monoisotopic (exact) mass is 404 g/mol. The van der Waals surface area contributed by atoms with Crippen LogP contribution >= 0.6 is 11.6 Å². The number of Topliss-reactive ketones (excluding diaryl/α,β-unsaturated/α-hetero) is 1. The molecule has 1 aromatic rings. The molecule has 1 N–H and O–H groups in total. The van der Waals surface area contributed by atoms with Crippen molar-refractivity contribution < 1.29 is 14.5 Å². The number of piperazine rings is 1. The highest BCUT2D eigenvalue weighted by Gasteiger charge is 2.30. The van der Waals surface area contributed by atoms with Gasteiger partial charge in [-0.25, -0.2) is 0 Å². The summed E-state index contributed by atoms with van der Waals surface area (Å²) in [4.78, 5) is 32.5. The maximum atomic E-state index is 12.5. The first-order valence-corrected chi connectivity index (χ1v) is 10.6. The number of rotatable bonds is 5. The summed E-state index contributed by atoms with van der Waals surface area (Å²) in [6.07, 6.45) is 2.57. The van der Waals surface area contributed by atoms with Crippen LogP contribution in [-0.2, 0) is 16.0 Å². The van der Waals surface area contributed by atoms with Crippen LogP contribution in [0.15, 0.2) is 29.3 Å². The summed E-state index contributed by atoms with van der Waals surface area (Å²) in [5.41, 5.74) is 2.12. The second kappa shape index (κ2) is 9.19. The predicted octanol–water partition coefficient (Wildman–Crippen LogP) is 1.83. The highest BCUT2D eigenvalue weighted by atomic mass is 35.5. The van der Waals surface area contributed by atoms with Gasteiger partial charge in [-0.1, -0.05) is 37.6 Å². The van der Waals surface area contributed by atoms with Crippen molar-refractivity contribution in [3.05, 3.63) is 34.9 Å². The van der Waals surface area contributed by atoms with Crippen LogP contribution in [0.2, 0.25) is 5.02 Å². The minimum absolute atomic E-state index is 0.0527. The average molecular weight is 405 g/mol. The number of ketones is 1. The van der Waals surface area contributed by atoms with Gasteiger partial charge in [0.1, 0.15) is 5.78 Å². The number of quaternary nitrogens is 1. The van der Waals surface area contributed by atoms with Crippen LogP contribution in [-0.4, -0.2) is 61.6 Å². The molecule has 0 spiro atoms. The van der Waals surface area contributed by atoms with E-state index in [1.807, 2.05) is 29.2 Å². The Kier molecular flexibility index (Phi) is 6.89. The number of benzene rings is 1. The van der Waals surface area contributed by atoms with Gasteiger partial charge in [-0.05, 0) is 29.5 Å². The molecule has 0 atom stereocenters. The van der Waals surface area contributed by atoms with Gasteiger partial charge in [-0.15, -0.1) is 0 Å². The van der Waals surface area contributed by atoms with Gasteiger partial charge >= 0.3 is 0 Å². The van der Waals surface area contributed by atoms with Crippen LogP contribution in [0, 0.1) is 5.41 Å². The Labute approximate surface area is 172 Å². The quantitative estimate of drug-likeness (QED) is 0.814. The largest absolute Gasteiger partial charge is 0.331 e. The highest BCUT2D eigenvalue weighted by Crippen LogP contribution is 2.31. The maximum Gasteiger partial charge on any atom is 0.227 e. The molecule has 1 saturated carbocycles. The number of hydrogen-bond acceptors (Lipinski definition) is 3. The molecule has 0 bridgehead atoms. The number of nitrogens with zero attached hydrogens (tertiary/aromatic N) is 2. The zero-order valence-electron chi connectivity index (χ0n) is 17.0. The van der Waals surface area contributed by atoms with Gasteiger partial charge in [0.15, 0.2) is 0 Å². The van der Waals surface area contributed by atoms with E-state index in [0.717, 1.165) is 57.0 Å². The van der Waals surface area contributed by atoms with Crippen LogP contribution in [0.4, 0.5) is 0 Å². The van der Waals surface area contributed by atoms with Gasteiger partial charge < -0.3 is 9.80 Å². The summed E-state index contributed by atoms with van der Waals surface area (Å²) in [6.45, 7) is 9.54. The first kappa shape index (κ1) is 21.0. The number of aliphatic imine (C=N–C) groups is 1. The third kappa shape index (κ3) is 6.14. The topological polar surface area (TPSA) is 54.2 Å². The molecule has 5 nitrogen and oxygen atoms in total. The number of nitrogens with one attached hydrogen (secondary N) is 1. The highest BCUT2D eigenvalue weighted by molar-refractivity contribution is 6.30. The van der Waals surface area contributed by atoms with E-state index < -0.39 is 0 Å². The minimum Gasteiger partial charge on any atom is -0.331 e. The SMILES string of the molecule is CC1(C)CC(=O)CC(=NCC[NH+]2CCN(C(=O)Cc3ccc(Cl)cc3)CC2)C1. The zero-order valence-corrected chi connectivity index (χ0v) is 17.7. The van der Waals surface area contributed by atoms with Crippen LogP contribution in [0.25, 0.3) is 0 Å². The first-order chi connectivity index (χ1) is 13.3. The molecule has 2 fully saturated rings. The standard InChI is InChI=1S/C22H30ClN3O2/c1-22(2)15-19(14-20(27)16-22)24-7-8-25-9-11-26(12-10-25)21(28)13-17-3-5-18(23)6-4-17/h3-6H,7-16H2,1-2H3/p+1. The van der Waals surface area contributed by atoms with E-state index >= 15 is 0 Å². The second-order valence-corrected chi connectivity index (χ2v) is 9.30. The van der Waals surface area contributed by atoms with Gasteiger partial charge in [0.25, 0.3) is 0 Å². The molecule has 1 saturated heterocycles. The molecule has 6 heteroatoms. The molecule has 28 heavy (non-hydrogen) atoms. The van der Waals surface area contributed by atoms with Gasteiger partial charge in [0.2, 0.25) is 5.91 Å². The Morgan fingerprint density at radius 1 is 1.18 bits per heavy atom. The lowest BCUT2D eigenvalue weighted by atomic mass is 9.76. The number of hydrogen-bond donors (Lipinski definition) is 1. The lowest BCUT2D eigenvalue weighted by Gasteiger charge is -2.32. The fraction of sp³-hybridized carbons (Fsp3) is 0.591. The van der Waals surface area contributed by atoms with E-state index in [1.165, 1.54) is 4.90 Å². The Bertz CT molecular complexity index is 735. The van der Waals surface area contributed by atoms with Gasteiger partial charge in [0, 0.05) is 23.6 Å². The number of carbonyl (C=O) groups is 2. The first-order valence-electron chi connectivity index (χ1n) is 10.2. The van der Waals surface area contributed by atoms with Crippen LogP contribution < -0.4 is 4.90 Å². The molecule has 1 heterocycles. The van der Waals surface area contributed by atoms with Crippen molar-refractivity contribution in [1.29, 1.82) is 0 Å². The lowest BCUT2D eigenvalue weighted by molar-refractivity contribution is -0.902. The van der Waals surface area contributed by atoms with Crippen LogP contribution in [0.3, 0.4) is 0 Å². The van der Waals surface area contributed by atoms with Crippen molar-refractivity contribution >= 4 is 29.0 Å². The van der Waals surface area contributed by atoms with Crippen molar-refractivity contribution in [3.63, 3.8) is 0 Å². The maximum absolute atomic E-state index is 12.5. The number of halogens is 1. The number of amides is 1. The third-order valence-electron chi connectivity index (χ3n) is 5.65. The summed E-state index contributed by atoms with van der Waals surface area (Å²) >= 11 is 5.90. The molecule has 0 radical (unpaired) electrons. The van der Waals surface area contributed by atoms with Crippen molar-refractivity contribution in [3.8, 4) is 0 Å². The summed E-state index contributed by atoms with van der Waals surface area (Å²) in [5.74, 6) is 0.500. The molecular formula is C22H31ClN3O2+. The molecule has 0 unspecified atom stereocenters. The smallest absolute Gasteiger partial charge is 0.227 e. The van der Waals surface area contributed by atoms with Gasteiger partial charge in [0.05, 0.1) is 45.7 Å². The Hall–Kier alpha value is -1.72. The van der Waals surface area contributed by atoms with E-state index in [2.05, 4.69) is 13.8 Å². The second-order valence-electron chi connectivity index (χ2n) is 8.87. The normalized spacial score (nSPS) is 21.9. The molecule has 1 aromatic carbocycles. The van der Waals surface area contributed by atoms with E-state index in [1.54, 1.807) is 0 Å². The summed E-state index contributed by atoms with van der Waals surface area (Å²) in [7, 11) is 0. The van der Waals surface area contributed by atoms with Crippen LogP contribution in [0.5, 0.6) is 0 Å². The minimum atomic E-state index is 0.0527. The van der Waals surface area contributed by atoms with E-state index in [-0.39, 0.29) is 11.3 Å². The Morgan fingerprint density at radius 2 is 1.86 bits per heavy atom. The Balaban J connectivity index is 1.40. The summed E-state index contributed by atoms with van der Waals surface area (Å²) < 4.78 is 0. The summed E-state index contributed by atoms with van der Waals surface area (Å²) in [5, 5.41) is 0.693. The van der Waals surface area contributed by atoms with Crippen molar-refractivity contribution in [2.24, 2.45) is 10.4 Å². The zero-order chi connectivity index (χ0) is 20.1. The van der Waals surface area contributed by atoms with Gasteiger partial charge in [-0.3, -0.25) is 14.6 Å². The fourth-order valence-corrected chi connectivity index (χ4v) is 4.32. The molecule has 152 valence electrons. The molecule has 0 aromatic heterocycles. The lowest BCUT2D eigenvalue weighted by Crippen LogP contribution is -3.15. The van der Waals surface area contributed by atoms with E-state index in [0.29, 0.717) is 30.1 Å². The molecule has 1 amide bonds. The summed E-state index contributed by atoms with van der Waals surface area (Å²) in [6, 6.07) is 7.49. The van der Waals surface area contributed by atoms with E-state index in [9.17, 15) is 9.59 Å². The predicted molar refractivity (Wildman–Crippen MR) is 112 cm³/mol. The van der Waals surface area contributed by atoms with Crippen LogP contribution in [0.1, 0.15) is 38.7 Å². The Morgan fingerprint density at radius 3 is 2.50 bits per heavy atom.